The molecule has 0 unspecified atom stereocenters. The van der Waals surface area contributed by atoms with Crippen LogP contribution in [0.5, 0.6) is 5.75 Å². The molecule has 1 amide bonds. The molecule has 2 rings (SSSR count). The van der Waals surface area contributed by atoms with Crippen LogP contribution < -0.4 is 14.8 Å². The number of nitrogens with zero attached hydrogens (tertiary/aromatic N) is 1. The van der Waals surface area contributed by atoms with E-state index in [1.807, 2.05) is 6.92 Å². The summed E-state index contributed by atoms with van der Waals surface area (Å²) >= 11 is 0. The summed E-state index contributed by atoms with van der Waals surface area (Å²) in [5, 5.41) is 2.89. The van der Waals surface area contributed by atoms with Crippen molar-refractivity contribution in [3.05, 3.63) is 24.3 Å². The minimum atomic E-state index is -3.66. The second-order valence-electron chi connectivity index (χ2n) is 7.24. The van der Waals surface area contributed by atoms with Crippen molar-refractivity contribution in [1.82, 2.24) is 14.9 Å². The Labute approximate surface area is 167 Å². The van der Waals surface area contributed by atoms with Gasteiger partial charge < -0.3 is 14.8 Å². The lowest BCUT2D eigenvalue weighted by atomic mass is 10.0. The second kappa shape index (κ2) is 10.2. The highest BCUT2D eigenvalue weighted by atomic mass is 32.2. The summed E-state index contributed by atoms with van der Waals surface area (Å²) in [5.41, 5.74) is -0.179. The first-order valence-electron chi connectivity index (χ1n) is 9.56. The number of sulfonamides is 1. The molecule has 0 saturated carbocycles. The maximum Gasteiger partial charge on any atom is 0.240 e. The minimum Gasteiger partial charge on any atom is -0.494 e. The van der Waals surface area contributed by atoms with E-state index in [0.29, 0.717) is 32.1 Å². The van der Waals surface area contributed by atoms with E-state index in [4.69, 9.17) is 9.47 Å². The van der Waals surface area contributed by atoms with Gasteiger partial charge >= 0.3 is 0 Å². The van der Waals surface area contributed by atoms with Crippen molar-refractivity contribution in [2.24, 2.45) is 0 Å². The molecule has 1 saturated heterocycles. The average Bonchev–Trinajstić information content (AvgIpc) is 2.68. The normalized spacial score (nSPS) is 16.0. The maximum absolute atomic E-state index is 12.3. The fourth-order valence-corrected chi connectivity index (χ4v) is 3.98. The third-order valence-corrected chi connectivity index (χ3v) is 6.15. The molecule has 1 aliphatic heterocycles. The van der Waals surface area contributed by atoms with Crippen molar-refractivity contribution in [1.29, 1.82) is 0 Å². The van der Waals surface area contributed by atoms with Gasteiger partial charge in [0, 0.05) is 38.1 Å². The molecule has 1 aromatic rings. The summed E-state index contributed by atoms with van der Waals surface area (Å²) in [6, 6.07) is 6.19. The zero-order valence-corrected chi connectivity index (χ0v) is 17.7. The van der Waals surface area contributed by atoms with Gasteiger partial charge in [-0.25, -0.2) is 13.1 Å². The molecule has 0 aliphatic carbocycles. The fourth-order valence-electron chi connectivity index (χ4n) is 2.95. The standard InChI is InChI=1S/C19H31N3O5S/c1-4-27-16-5-7-17(8-6-16)28(24,25)21-10-9-18(23)20-15-19(2,3)22-11-13-26-14-12-22/h5-8,21H,4,9-15H2,1-3H3,(H,20,23). The number of morpholine rings is 1. The van der Waals surface area contributed by atoms with Crippen LogP contribution in [0.2, 0.25) is 0 Å². The van der Waals surface area contributed by atoms with Crippen LogP contribution in [-0.2, 0) is 19.6 Å². The predicted octanol–water partition coefficient (Wildman–Crippen LogP) is 0.981. The first-order valence-corrected chi connectivity index (χ1v) is 11.0. The van der Waals surface area contributed by atoms with E-state index in [1.165, 1.54) is 12.1 Å². The lowest BCUT2D eigenvalue weighted by Gasteiger charge is -2.40. The molecule has 1 heterocycles. The van der Waals surface area contributed by atoms with Gasteiger partial charge in [0.05, 0.1) is 24.7 Å². The minimum absolute atomic E-state index is 0.0410. The zero-order chi connectivity index (χ0) is 20.6. The van der Waals surface area contributed by atoms with E-state index >= 15 is 0 Å². The molecule has 0 atom stereocenters. The van der Waals surface area contributed by atoms with E-state index < -0.39 is 10.0 Å². The van der Waals surface area contributed by atoms with Crippen LogP contribution in [-0.4, -0.2) is 70.8 Å². The summed E-state index contributed by atoms with van der Waals surface area (Å²) in [6.45, 7) is 10.1. The first-order chi connectivity index (χ1) is 13.2. The van der Waals surface area contributed by atoms with Gasteiger partial charge in [-0.1, -0.05) is 0 Å². The van der Waals surface area contributed by atoms with Crippen molar-refractivity contribution in [2.45, 2.75) is 37.6 Å². The lowest BCUT2D eigenvalue weighted by Crippen LogP contribution is -2.55. The Bertz CT molecular complexity index is 728. The third kappa shape index (κ3) is 6.73. The highest BCUT2D eigenvalue weighted by molar-refractivity contribution is 7.89. The number of amides is 1. The van der Waals surface area contributed by atoms with E-state index in [2.05, 4.69) is 28.8 Å². The van der Waals surface area contributed by atoms with E-state index in [-0.39, 0.29) is 29.3 Å². The molecule has 158 valence electrons. The van der Waals surface area contributed by atoms with Gasteiger partial charge in [0.2, 0.25) is 15.9 Å². The average molecular weight is 414 g/mol. The van der Waals surface area contributed by atoms with Crippen LogP contribution in [0.1, 0.15) is 27.2 Å². The molecule has 8 nitrogen and oxygen atoms in total. The summed E-state index contributed by atoms with van der Waals surface area (Å²) in [5.74, 6) is 0.430. The number of carbonyl (C=O) groups is 1. The number of carbonyl (C=O) groups excluding carboxylic acids is 1. The number of hydrogen-bond donors (Lipinski definition) is 2. The summed E-state index contributed by atoms with van der Waals surface area (Å²) < 4.78 is 37.7. The maximum atomic E-state index is 12.3. The molecule has 2 N–H and O–H groups in total. The molecular weight excluding hydrogens is 382 g/mol. The first kappa shape index (κ1) is 22.6. The van der Waals surface area contributed by atoms with Gasteiger partial charge in [-0.15, -0.1) is 0 Å². The SMILES string of the molecule is CCOc1ccc(S(=O)(=O)NCCC(=O)NCC(C)(C)N2CCOCC2)cc1. The lowest BCUT2D eigenvalue weighted by molar-refractivity contribution is -0.121. The van der Waals surface area contributed by atoms with Crippen LogP contribution in [0.3, 0.4) is 0 Å². The monoisotopic (exact) mass is 413 g/mol. The second-order valence-corrected chi connectivity index (χ2v) is 9.01. The Morgan fingerprint density at radius 3 is 2.46 bits per heavy atom. The molecule has 0 radical (unpaired) electrons. The van der Waals surface area contributed by atoms with Gasteiger partial charge in [0.25, 0.3) is 0 Å². The Kier molecular flexibility index (Phi) is 8.23. The van der Waals surface area contributed by atoms with Gasteiger partial charge in [-0.2, -0.15) is 0 Å². The van der Waals surface area contributed by atoms with E-state index in [1.54, 1.807) is 12.1 Å². The summed E-state index contributed by atoms with van der Waals surface area (Å²) in [7, 11) is -3.66. The van der Waals surface area contributed by atoms with Crippen molar-refractivity contribution >= 4 is 15.9 Å². The molecule has 1 fully saturated rings. The van der Waals surface area contributed by atoms with Crippen molar-refractivity contribution in [3.8, 4) is 5.75 Å². The number of benzene rings is 1. The largest absolute Gasteiger partial charge is 0.494 e. The van der Waals surface area contributed by atoms with Crippen LogP contribution in [0.4, 0.5) is 0 Å². The molecule has 0 bridgehead atoms. The topological polar surface area (TPSA) is 97.0 Å². The highest BCUT2D eigenvalue weighted by Gasteiger charge is 2.28. The van der Waals surface area contributed by atoms with E-state index in [0.717, 1.165) is 13.1 Å². The van der Waals surface area contributed by atoms with Gasteiger partial charge in [0.15, 0.2) is 0 Å². The summed E-state index contributed by atoms with van der Waals surface area (Å²) in [6.07, 6.45) is 0.0788. The Morgan fingerprint density at radius 2 is 1.86 bits per heavy atom. The Morgan fingerprint density at radius 1 is 1.21 bits per heavy atom. The van der Waals surface area contributed by atoms with Crippen molar-refractivity contribution in [2.75, 3.05) is 46.0 Å². The quantitative estimate of drug-likeness (QED) is 0.594. The van der Waals surface area contributed by atoms with Crippen molar-refractivity contribution in [3.63, 3.8) is 0 Å². The van der Waals surface area contributed by atoms with Gasteiger partial charge in [0.1, 0.15) is 5.75 Å². The van der Waals surface area contributed by atoms with Gasteiger partial charge in [-0.05, 0) is 45.0 Å². The molecule has 0 aromatic heterocycles. The highest BCUT2D eigenvalue weighted by Crippen LogP contribution is 2.16. The molecule has 1 aliphatic rings. The number of rotatable bonds is 10. The van der Waals surface area contributed by atoms with E-state index in [9.17, 15) is 13.2 Å². The number of ether oxygens (including phenoxy) is 2. The smallest absolute Gasteiger partial charge is 0.240 e. The molecule has 1 aromatic carbocycles. The molecular formula is C19H31N3O5S. The Balaban J connectivity index is 1.76. The molecule has 28 heavy (non-hydrogen) atoms. The predicted molar refractivity (Wildman–Crippen MR) is 107 cm³/mol. The van der Waals surface area contributed by atoms with Crippen molar-refractivity contribution < 1.29 is 22.7 Å². The van der Waals surface area contributed by atoms with Crippen LogP contribution >= 0.6 is 0 Å². The molecule has 9 heteroatoms. The fraction of sp³-hybridized carbons (Fsp3) is 0.632. The summed E-state index contributed by atoms with van der Waals surface area (Å²) in [4.78, 5) is 14.5. The van der Waals surface area contributed by atoms with Crippen LogP contribution in [0.25, 0.3) is 0 Å². The zero-order valence-electron chi connectivity index (χ0n) is 16.9. The molecule has 0 spiro atoms. The third-order valence-electron chi connectivity index (χ3n) is 4.67. The number of nitrogens with one attached hydrogen (secondary N) is 2. The Hall–Kier alpha value is -1.68. The number of hydrogen-bond acceptors (Lipinski definition) is 6. The van der Waals surface area contributed by atoms with Crippen LogP contribution in [0.15, 0.2) is 29.2 Å². The van der Waals surface area contributed by atoms with Gasteiger partial charge in [-0.3, -0.25) is 9.69 Å². The van der Waals surface area contributed by atoms with Crippen LogP contribution in [0, 0.1) is 0 Å².